The molecule has 0 aliphatic heterocycles. The standard InChI is InChI=1S/C16H19N3O2/c1-11-13(18-15(20)9-10-17)7-4-8-14(11)19-16(21)12-5-2-3-6-12/h4,7-8,12H,2-3,5-6,9H2,1H3,(H,18,20)(H,19,21). The molecule has 1 saturated carbocycles. The van der Waals surface area contributed by atoms with E-state index in [1.807, 2.05) is 19.1 Å². The second kappa shape index (κ2) is 6.89. The van der Waals surface area contributed by atoms with Gasteiger partial charge >= 0.3 is 0 Å². The van der Waals surface area contributed by atoms with Gasteiger partial charge in [0.25, 0.3) is 0 Å². The Balaban J connectivity index is 2.08. The van der Waals surface area contributed by atoms with Crippen molar-refractivity contribution in [1.82, 2.24) is 0 Å². The molecule has 0 bridgehead atoms. The normalized spacial score (nSPS) is 14.5. The van der Waals surface area contributed by atoms with Crippen LogP contribution in [-0.4, -0.2) is 11.8 Å². The molecule has 0 saturated heterocycles. The zero-order valence-electron chi connectivity index (χ0n) is 12.1. The topological polar surface area (TPSA) is 82.0 Å². The number of carbonyl (C=O) groups excluding carboxylic acids is 2. The third-order valence-electron chi connectivity index (χ3n) is 3.83. The van der Waals surface area contributed by atoms with E-state index in [9.17, 15) is 9.59 Å². The van der Waals surface area contributed by atoms with Crippen molar-refractivity contribution >= 4 is 23.2 Å². The van der Waals surface area contributed by atoms with Gasteiger partial charge in [-0.3, -0.25) is 9.59 Å². The second-order valence-corrected chi connectivity index (χ2v) is 5.33. The number of nitrogens with zero attached hydrogens (tertiary/aromatic N) is 1. The summed E-state index contributed by atoms with van der Waals surface area (Å²) in [5.74, 6) is -0.197. The molecular weight excluding hydrogens is 266 g/mol. The molecule has 2 rings (SSSR count). The minimum atomic E-state index is -0.347. The first-order valence-corrected chi connectivity index (χ1v) is 7.19. The van der Waals surface area contributed by atoms with E-state index in [0.29, 0.717) is 11.4 Å². The molecule has 1 fully saturated rings. The number of hydrogen-bond donors (Lipinski definition) is 2. The lowest BCUT2D eigenvalue weighted by Crippen LogP contribution is -2.21. The van der Waals surface area contributed by atoms with Crippen LogP contribution in [0.15, 0.2) is 18.2 Å². The van der Waals surface area contributed by atoms with Crippen molar-refractivity contribution in [2.45, 2.75) is 39.0 Å². The summed E-state index contributed by atoms with van der Waals surface area (Å²) in [5, 5.41) is 14.1. The largest absolute Gasteiger partial charge is 0.326 e. The van der Waals surface area contributed by atoms with E-state index in [0.717, 1.165) is 31.2 Å². The summed E-state index contributed by atoms with van der Waals surface area (Å²) in [6.45, 7) is 1.84. The third-order valence-corrected chi connectivity index (χ3v) is 3.83. The fourth-order valence-electron chi connectivity index (χ4n) is 2.60. The Kier molecular flexibility index (Phi) is 4.94. The van der Waals surface area contributed by atoms with Gasteiger partial charge in [0.15, 0.2) is 0 Å². The minimum Gasteiger partial charge on any atom is -0.326 e. The van der Waals surface area contributed by atoms with Crippen LogP contribution in [0.4, 0.5) is 11.4 Å². The van der Waals surface area contributed by atoms with E-state index >= 15 is 0 Å². The number of nitrogens with one attached hydrogen (secondary N) is 2. The van der Waals surface area contributed by atoms with E-state index in [-0.39, 0.29) is 24.2 Å². The second-order valence-electron chi connectivity index (χ2n) is 5.33. The summed E-state index contributed by atoms with van der Waals surface area (Å²) < 4.78 is 0. The molecule has 0 radical (unpaired) electrons. The van der Waals surface area contributed by atoms with Crippen LogP contribution in [0.25, 0.3) is 0 Å². The van der Waals surface area contributed by atoms with Crippen LogP contribution in [0, 0.1) is 24.2 Å². The number of benzene rings is 1. The number of amides is 2. The van der Waals surface area contributed by atoms with Crippen molar-refractivity contribution in [3.8, 4) is 6.07 Å². The van der Waals surface area contributed by atoms with E-state index in [4.69, 9.17) is 5.26 Å². The number of rotatable bonds is 4. The molecule has 0 heterocycles. The maximum Gasteiger partial charge on any atom is 0.238 e. The Morgan fingerprint density at radius 1 is 1.24 bits per heavy atom. The Morgan fingerprint density at radius 2 is 1.86 bits per heavy atom. The van der Waals surface area contributed by atoms with E-state index in [1.54, 1.807) is 12.1 Å². The first kappa shape index (κ1) is 15.0. The average Bonchev–Trinajstić information content (AvgIpc) is 2.97. The van der Waals surface area contributed by atoms with Crippen molar-refractivity contribution in [2.24, 2.45) is 5.92 Å². The summed E-state index contributed by atoms with van der Waals surface area (Å²) in [6.07, 6.45) is 3.94. The lowest BCUT2D eigenvalue weighted by molar-refractivity contribution is -0.119. The van der Waals surface area contributed by atoms with Gasteiger partial charge in [-0.25, -0.2) is 0 Å². The minimum absolute atomic E-state index is 0.0519. The summed E-state index contributed by atoms with van der Waals surface area (Å²) in [4.78, 5) is 23.6. The average molecular weight is 285 g/mol. The molecule has 5 nitrogen and oxygen atoms in total. The van der Waals surface area contributed by atoms with Crippen molar-refractivity contribution in [2.75, 3.05) is 10.6 Å². The van der Waals surface area contributed by atoms with Crippen molar-refractivity contribution < 1.29 is 9.59 Å². The molecule has 110 valence electrons. The van der Waals surface area contributed by atoms with E-state index < -0.39 is 0 Å². The molecule has 0 atom stereocenters. The summed E-state index contributed by atoms with van der Waals surface area (Å²) >= 11 is 0. The van der Waals surface area contributed by atoms with Crippen LogP contribution in [0.3, 0.4) is 0 Å². The van der Waals surface area contributed by atoms with Gasteiger partial charge in [0.2, 0.25) is 11.8 Å². The number of anilines is 2. The number of hydrogen-bond acceptors (Lipinski definition) is 3. The van der Waals surface area contributed by atoms with Gasteiger partial charge in [-0.1, -0.05) is 18.9 Å². The Hall–Kier alpha value is -2.35. The zero-order valence-corrected chi connectivity index (χ0v) is 12.1. The Morgan fingerprint density at radius 3 is 2.48 bits per heavy atom. The fourth-order valence-corrected chi connectivity index (χ4v) is 2.60. The highest BCUT2D eigenvalue weighted by molar-refractivity contribution is 5.97. The Bertz CT molecular complexity index is 584. The lowest BCUT2D eigenvalue weighted by atomic mass is 10.1. The van der Waals surface area contributed by atoms with Crippen LogP contribution in [0.2, 0.25) is 0 Å². The Labute approximate surface area is 124 Å². The van der Waals surface area contributed by atoms with Gasteiger partial charge in [-0.2, -0.15) is 5.26 Å². The predicted octanol–water partition coefficient (Wildman–Crippen LogP) is 2.98. The number of carbonyl (C=O) groups is 2. The molecule has 1 aromatic carbocycles. The van der Waals surface area contributed by atoms with Crippen molar-refractivity contribution in [3.63, 3.8) is 0 Å². The van der Waals surface area contributed by atoms with Gasteiger partial charge < -0.3 is 10.6 Å². The van der Waals surface area contributed by atoms with Gasteiger partial charge in [0, 0.05) is 17.3 Å². The lowest BCUT2D eigenvalue weighted by Gasteiger charge is -2.15. The smallest absolute Gasteiger partial charge is 0.238 e. The highest BCUT2D eigenvalue weighted by Gasteiger charge is 2.23. The first-order valence-electron chi connectivity index (χ1n) is 7.19. The number of nitriles is 1. The predicted molar refractivity (Wildman–Crippen MR) is 80.6 cm³/mol. The maximum absolute atomic E-state index is 12.2. The van der Waals surface area contributed by atoms with Crippen LogP contribution in [0.1, 0.15) is 37.7 Å². The third kappa shape index (κ3) is 3.82. The van der Waals surface area contributed by atoms with Crippen LogP contribution < -0.4 is 10.6 Å². The van der Waals surface area contributed by atoms with Crippen molar-refractivity contribution in [1.29, 1.82) is 5.26 Å². The monoisotopic (exact) mass is 285 g/mol. The molecule has 5 heteroatoms. The summed E-state index contributed by atoms with van der Waals surface area (Å²) in [6, 6.07) is 7.17. The molecule has 0 unspecified atom stereocenters. The van der Waals surface area contributed by atoms with Gasteiger partial charge in [-0.15, -0.1) is 0 Å². The van der Waals surface area contributed by atoms with Crippen LogP contribution in [-0.2, 0) is 9.59 Å². The molecule has 1 aliphatic rings. The summed E-state index contributed by atoms with van der Waals surface area (Å²) in [5.41, 5.74) is 2.14. The molecule has 1 aromatic rings. The molecule has 1 aliphatic carbocycles. The molecule has 21 heavy (non-hydrogen) atoms. The van der Waals surface area contributed by atoms with Gasteiger partial charge in [0.1, 0.15) is 6.42 Å². The highest BCUT2D eigenvalue weighted by Crippen LogP contribution is 2.28. The molecule has 0 aromatic heterocycles. The SMILES string of the molecule is Cc1c(NC(=O)CC#N)cccc1NC(=O)C1CCCC1. The molecule has 2 amide bonds. The van der Waals surface area contributed by atoms with Gasteiger partial charge in [0.05, 0.1) is 6.07 Å². The quantitative estimate of drug-likeness (QED) is 0.892. The highest BCUT2D eigenvalue weighted by atomic mass is 16.2. The molecule has 2 N–H and O–H groups in total. The van der Waals surface area contributed by atoms with E-state index in [1.165, 1.54) is 0 Å². The van der Waals surface area contributed by atoms with Crippen LogP contribution >= 0.6 is 0 Å². The zero-order chi connectivity index (χ0) is 15.2. The van der Waals surface area contributed by atoms with Crippen molar-refractivity contribution in [3.05, 3.63) is 23.8 Å². The van der Waals surface area contributed by atoms with E-state index in [2.05, 4.69) is 10.6 Å². The first-order chi connectivity index (χ1) is 10.1. The maximum atomic E-state index is 12.2. The fraction of sp³-hybridized carbons (Fsp3) is 0.438. The molecule has 0 spiro atoms. The molecular formula is C16H19N3O2. The summed E-state index contributed by atoms with van der Waals surface area (Å²) in [7, 11) is 0. The van der Waals surface area contributed by atoms with Crippen LogP contribution in [0.5, 0.6) is 0 Å². The van der Waals surface area contributed by atoms with Gasteiger partial charge in [-0.05, 0) is 37.5 Å².